The van der Waals surface area contributed by atoms with E-state index in [2.05, 4.69) is 10.3 Å². The molecule has 0 aliphatic carbocycles. The van der Waals surface area contributed by atoms with Crippen LogP contribution in [0.3, 0.4) is 0 Å². The third kappa shape index (κ3) is 5.50. The molecule has 0 fully saturated rings. The summed E-state index contributed by atoms with van der Waals surface area (Å²) in [5, 5.41) is 13.3. The predicted octanol–water partition coefficient (Wildman–Crippen LogP) is 5.09. The molecule has 3 aromatic rings. The summed E-state index contributed by atoms with van der Waals surface area (Å²) in [4.78, 5) is 26.4. The quantitative estimate of drug-likeness (QED) is 0.369. The maximum Gasteiger partial charge on any atom is 0.411 e. The molecule has 0 heterocycles. The highest BCUT2D eigenvalue weighted by Gasteiger charge is 2.04. The SMILES string of the molecule is O=C(Nc1ccc(N=Cc2ccc([N+](=O)[O-])cc2)cc1)OCc1ccccc1. The molecule has 0 bridgehead atoms. The Balaban J connectivity index is 1.52. The molecule has 140 valence electrons. The number of aliphatic imine (C=N–C) groups is 1. The summed E-state index contributed by atoms with van der Waals surface area (Å²) < 4.78 is 5.17. The second-order valence-corrected chi connectivity index (χ2v) is 5.84. The van der Waals surface area contributed by atoms with Crippen molar-refractivity contribution in [1.29, 1.82) is 0 Å². The minimum Gasteiger partial charge on any atom is -0.444 e. The first kappa shape index (κ1) is 18.8. The Bertz CT molecular complexity index is 969. The maximum atomic E-state index is 11.8. The number of nitrogens with zero attached hydrogens (tertiary/aromatic N) is 2. The summed E-state index contributed by atoms with van der Waals surface area (Å²) in [6.07, 6.45) is 1.08. The van der Waals surface area contributed by atoms with Gasteiger partial charge >= 0.3 is 6.09 Å². The lowest BCUT2D eigenvalue weighted by Gasteiger charge is -2.07. The monoisotopic (exact) mass is 375 g/mol. The number of nitro benzene ring substituents is 1. The lowest BCUT2D eigenvalue weighted by molar-refractivity contribution is -0.384. The molecule has 1 amide bonds. The number of amides is 1. The number of nitrogens with one attached hydrogen (secondary N) is 1. The number of benzene rings is 3. The second kappa shape index (κ2) is 9.09. The van der Waals surface area contributed by atoms with Gasteiger partial charge in [-0.05, 0) is 47.5 Å². The minimum atomic E-state index is -0.536. The van der Waals surface area contributed by atoms with Crippen LogP contribution in [0.2, 0.25) is 0 Å². The standard InChI is InChI=1S/C21H17N3O4/c25-21(28-15-17-4-2-1-3-5-17)23-19-10-8-18(9-11-19)22-14-16-6-12-20(13-7-16)24(26)27/h1-14H,15H2,(H,23,25). The van der Waals surface area contributed by atoms with Crippen molar-refractivity contribution in [2.24, 2.45) is 4.99 Å². The van der Waals surface area contributed by atoms with Gasteiger partial charge < -0.3 is 4.74 Å². The summed E-state index contributed by atoms with van der Waals surface area (Å²) >= 11 is 0. The molecular weight excluding hydrogens is 358 g/mol. The van der Waals surface area contributed by atoms with Gasteiger partial charge in [-0.1, -0.05) is 30.3 Å². The third-order valence-electron chi connectivity index (χ3n) is 3.79. The van der Waals surface area contributed by atoms with E-state index < -0.39 is 11.0 Å². The van der Waals surface area contributed by atoms with E-state index >= 15 is 0 Å². The summed E-state index contributed by atoms with van der Waals surface area (Å²) in [6, 6.07) is 22.4. The average molecular weight is 375 g/mol. The van der Waals surface area contributed by atoms with Gasteiger partial charge in [0.15, 0.2) is 0 Å². The molecule has 28 heavy (non-hydrogen) atoms. The Hall–Kier alpha value is -4.00. The fourth-order valence-electron chi connectivity index (χ4n) is 2.34. The van der Waals surface area contributed by atoms with Crippen molar-refractivity contribution in [2.45, 2.75) is 6.61 Å². The Kier molecular flexibility index (Phi) is 6.10. The number of hydrogen-bond acceptors (Lipinski definition) is 5. The average Bonchev–Trinajstić information content (AvgIpc) is 2.73. The van der Waals surface area contributed by atoms with Gasteiger partial charge in [-0.15, -0.1) is 0 Å². The van der Waals surface area contributed by atoms with Crippen molar-refractivity contribution in [2.75, 3.05) is 5.32 Å². The van der Waals surface area contributed by atoms with Crippen LogP contribution in [0, 0.1) is 10.1 Å². The highest BCUT2D eigenvalue weighted by molar-refractivity contribution is 5.85. The molecule has 0 aliphatic heterocycles. The Morgan fingerprint density at radius 2 is 1.68 bits per heavy atom. The number of carbonyl (C=O) groups is 1. The first-order valence-electron chi connectivity index (χ1n) is 8.46. The van der Waals surface area contributed by atoms with Crippen LogP contribution in [-0.2, 0) is 11.3 Å². The minimum absolute atomic E-state index is 0.0340. The largest absolute Gasteiger partial charge is 0.444 e. The molecule has 7 nitrogen and oxygen atoms in total. The summed E-state index contributed by atoms with van der Waals surface area (Å²) in [6.45, 7) is 0.199. The molecule has 3 rings (SSSR count). The van der Waals surface area contributed by atoms with Crippen molar-refractivity contribution in [3.05, 3.63) is 100 Å². The first-order valence-corrected chi connectivity index (χ1v) is 8.46. The van der Waals surface area contributed by atoms with Gasteiger partial charge in [0.2, 0.25) is 0 Å². The molecule has 1 N–H and O–H groups in total. The fourth-order valence-corrected chi connectivity index (χ4v) is 2.34. The topological polar surface area (TPSA) is 93.8 Å². The molecular formula is C21H17N3O4. The normalized spacial score (nSPS) is 10.6. The van der Waals surface area contributed by atoms with Gasteiger partial charge in [-0.25, -0.2) is 4.79 Å². The lowest BCUT2D eigenvalue weighted by atomic mass is 10.2. The van der Waals surface area contributed by atoms with Crippen molar-refractivity contribution < 1.29 is 14.5 Å². The van der Waals surface area contributed by atoms with E-state index in [9.17, 15) is 14.9 Å². The van der Waals surface area contributed by atoms with Crippen molar-refractivity contribution in [3.63, 3.8) is 0 Å². The number of nitro groups is 1. The van der Waals surface area contributed by atoms with Crippen molar-refractivity contribution in [3.8, 4) is 0 Å². The van der Waals surface area contributed by atoms with Crippen LogP contribution >= 0.6 is 0 Å². The van der Waals surface area contributed by atoms with Crippen LogP contribution < -0.4 is 5.32 Å². The zero-order chi connectivity index (χ0) is 19.8. The summed E-state index contributed by atoms with van der Waals surface area (Å²) in [5.74, 6) is 0. The van der Waals surface area contributed by atoms with Crippen LogP contribution in [0.5, 0.6) is 0 Å². The molecule has 0 atom stereocenters. The molecule has 0 saturated carbocycles. The number of non-ortho nitro benzene ring substituents is 1. The van der Waals surface area contributed by atoms with E-state index in [1.54, 1.807) is 42.6 Å². The van der Waals surface area contributed by atoms with Crippen LogP contribution in [0.25, 0.3) is 0 Å². The number of carbonyl (C=O) groups excluding carboxylic acids is 1. The highest BCUT2D eigenvalue weighted by Crippen LogP contribution is 2.17. The van der Waals surface area contributed by atoms with Gasteiger partial charge in [0.25, 0.3) is 5.69 Å². The van der Waals surface area contributed by atoms with Gasteiger partial charge in [-0.2, -0.15) is 0 Å². The molecule has 0 saturated heterocycles. The maximum absolute atomic E-state index is 11.8. The smallest absolute Gasteiger partial charge is 0.411 e. The van der Waals surface area contributed by atoms with Crippen molar-refractivity contribution >= 4 is 29.4 Å². The zero-order valence-corrected chi connectivity index (χ0v) is 14.8. The number of ether oxygens (including phenoxy) is 1. The van der Waals surface area contributed by atoms with E-state index in [4.69, 9.17) is 4.74 Å². The van der Waals surface area contributed by atoms with E-state index in [0.29, 0.717) is 11.4 Å². The molecule has 0 aromatic heterocycles. The van der Waals surface area contributed by atoms with Crippen LogP contribution in [0.4, 0.5) is 21.9 Å². The molecule has 0 unspecified atom stereocenters. The highest BCUT2D eigenvalue weighted by atomic mass is 16.6. The summed E-state index contributed by atoms with van der Waals surface area (Å²) in [5.41, 5.74) is 2.96. The Labute approximate surface area is 161 Å². The van der Waals surface area contributed by atoms with Crippen LogP contribution in [-0.4, -0.2) is 17.2 Å². The van der Waals surface area contributed by atoms with Gasteiger partial charge in [0.1, 0.15) is 6.61 Å². The van der Waals surface area contributed by atoms with Gasteiger partial charge in [-0.3, -0.25) is 20.4 Å². The zero-order valence-electron chi connectivity index (χ0n) is 14.8. The van der Waals surface area contributed by atoms with Crippen LogP contribution in [0.1, 0.15) is 11.1 Å². The van der Waals surface area contributed by atoms with Gasteiger partial charge in [0, 0.05) is 24.0 Å². The number of anilines is 1. The molecule has 0 spiro atoms. The lowest BCUT2D eigenvalue weighted by Crippen LogP contribution is -2.13. The molecule has 0 radical (unpaired) electrons. The van der Waals surface area contributed by atoms with Crippen molar-refractivity contribution in [1.82, 2.24) is 0 Å². The second-order valence-electron chi connectivity index (χ2n) is 5.84. The molecule has 0 aliphatic rings. The number of rotatable bonds is 6. The Morgan fingerprint density at radius 1 is 1.00 bits per heavy atom. The van der Waals surface area contributed by atoms with E-state index in [1.165, 1.54) is 12.1 Å². The fraction of sp³-hybridized carbons (Fsp3) is 0.0476. The van der Waals surface area contributed by atoms with E-state index in [0.717, 1.165) is 11.1 Å². The molecule has 3 aromatic carbocycles. The van der Waals surface area contributed by atoms with Crippen LogP contribution in [0.15, 0.2) is 83.9 Å². The molecule has 7 heteroatoms. The third-order valence-corrected chi connectivity index (χ3v) is 3.79. The predicted molar refractivity (Wildman–Crippen MR) is 107 cm³/mol. The first-order chi connectivity index (χ1) is 13.6. The Morgan fingerprint density at radius 3 is 2.32 bits per heavy atom. The summed E-state index contributed by atoms with van der Waals surface area (Å²) in [7, 11) is 0. The van der Waals surface area contributed by atoms with Gasteiger partial charge in [0.05, 0.1) is 10.6 Å². The number of hydrogen-bond donors (Lipinski definition) is 1. The van der Waals surface area contributed by atoms with E-state index in [1.807, 2.05) is 30.3 Å². The van der Waals surface area contributed by atoms with E-state index in [-0.39, 0.29) is 12.3 Å².